The first kappa shape index (κ1) is 12.2. The zero-order valence-corrected chi connectivity index (χ0v) is 11.8. The van der Waals surface area contributed by atoms with Crippen molar-refractivity contribution in [2.45, 2.75) is 26.1 Å². The number of rotatable bonds is 3. The molecule has 3 heterocycles. The van der Waals surface area contributed by atoms with Crippen LogP contribution >= 0.6 is 0 Å². The summed E-state index contributed by atoms with van der Waals surface area (Å²) in [5.74, 6) is 0.663. The van der Waals surface area contributed by atoms with E-state index in [4.69, 9.17) is 4.74 Å². The summed E-state index contributed by atoms with van der Waals surface area (Å²) >= 11 is 0. The van der Waals surface area contributed by atoms with Crippen LogP contribution in [0.3, 0.4) is 0 Å². The van der Waals surface area contributed by atoms with E-state index in [0.29, 0.717) is 18.5 Å². The summed E-state index contributed by atoms with van der Waals surface area (Å²) in [6, 6.07) is 12.5. The number of hydrogen-bond donors (Lipinski definition) is 0. The van der Waals surface area contributed by atoms with Gasteiger partial charge in [0.1, 0.15) is 6.61 Å². The molecule has 3 aromatic rings. The molecular formula is C16H16N4O. The van der Waals surface area contributed by atoms with Crippen molar-refractivity contribution in [3.05, 3.63) is 54.5 Å². The molecule has 0 saturated heterocycles. The fourth-order valence-corrected chi connectivity index (χ4v) is 2.73. The highest BCUT2D eigenvalue weighted by molar-refractivity contribution is 5.57. The van der Waals surface area contributed by atoms with E-state index in [1.165, 1.54) is 0 Å². The first-order chi connectivity index (χ1) is 10.3. The third-order valence-electron chi connectivity index (χ3n) is 3.83. The number of hydrogen-bond acceptors (Lipinski definition) is 3. The molecule has 0 N–H and O–H groups in total. The Labute approximate surface area is 122 Å². The Morgan fingerprint density at radius 3 is 2.95 bits per heavy atom. The standard InChI is InChI=1S/C16H16N4O/c1-12-9-20-14(15-8-17-11-19(12)15)7-16(18-20)21-10-13-5-3-2-4-6-13/h2-8,11-12H,9-10H2,1H3/t12-/m0/s1. The number of aromatic nitrogens is 4. The van der Waals surface area contributed by atoms with Crippen LogP contribution in [0.25, 0.3) is 11.4 Å². The monoisotopic (exact) mass is 280 g/mol. The number of nitrogens with zero attached hydrogens (tertiary/aromatic N) is 4. The predicted octanol–water partition coefficient (Wildman–Crippen LogP) is 2.90. The van der Waals surface area contributed by atoms with Crippen LogP contribution in [0.1, 0.15) is 18.5 Å². The molecule has 1 aromatic carbocycles. The second-order valence-electron chi connectivity index (χ2n) is 5.36. The molecule has 0 saturated carbocycles. The predicted molar refractivity (Wildman–Crippen MR) is 78.9 cm³/mol. The number of fused-ring (bicyclic) bond motifs is 3. The smallest absolute Gasteiger partial charge is 0.233 e. The third-order valence-corrected chi connectivity index (χ3v) is 3.83. The highest BCUT2D eigenvalue weighted by atomic mass is 16.5. The van der Waals surface area contributed by atoms with Crippen molar-refractivity contribution in [1.82, 2.24) is 19.3 Å². The van der Waals surface area contributed by atoms with Gasteiger partial charge in [0.2, 0.25) is 5.88 Å². The first-order valence-corrected chi connectivity index (χ1v) is 7.08. The minimum Gasteiger partial charge on any atom is -0.472 e. The molecule has 106 valence electrons. The Kier molecular flexibility index (Phi) is 2.77. The van der Waals surface area contributed by atoms with Crippen LogP contribution in [0.15, 0.2) is 48.9 Å². The summed E-state index contributed by atoms with van der Waals surface area (Å²) in [5.41, 5.74) is 3.30. The van der Waals surface area contributed by atoms with Crippen LogP contribution < -0.4 is 4.74 Å². The van der Waals surface area contributed by atoms with Gasteiger partial charge in [0, 0.05) is 6.07 Å². The summed E-state index contributed by atoms with van der Waals surface area (Å²) in [4.78, 5) is 4.24. The van der Waals surface area contributed by atoms with Gasteiger partial charge in [-0.25, -0.2) is 4.98 Å². The van der Waals surface area contributed by atoms with Crippen LogP contribution in [0, 0.1) is 0 Å². The fraction of sp³-hybridized carbons (Fsp3) is 0.250. The molecule has 0 fully saturated rings. The van der Waals surface area contributed by atoms with E-state index in [9.17, 15) is 0 Å². The maximum absolute atomic E-state index is 5.81. The van der Waals surface area contributed by atoms with Crippen LogP contribution in [0.4, 0.5) is 0 Å². The largest absolute Gasteiger partial charge is 0.472 e. The van der Waals surface area contributed by atoms with Gasteiger partial charge in [0.25, 0.3) is 0 Å². The molecule has 1 aliphatic heterocycles. The average molecular weight is 280 g/mol. The molecule has 5 heteroatoms. The molecule has 1 aliphatic rings. The third kappa shape index (κ3) is 2.11. The Balaban J connectivity index is 1.59. The lowest BCUT2D eigenvalue weighted by molar-refractivity contribution is 0.287. The molecule has 0 amide bonds. The van der Waals surface area contributed by atoms with Crippen LogP contribution in [-0.2, 0) is 13.2 Å². The quantitative estimate of drug-likeness (QED) is 0.741. The summed E-state index contributed by atoms with van der Waals surface area (Å²) in [6.45, 7) is 3.54. The second kappa shape index (κ2) is 4.77. The van der Waals surface area contributed by atoms with Gasteiger partial charge in [-0.3, -0.25) is 4.68 Å². The van der Waals surface area contributed by atoms with Crippen LogP contribution in [0.5, 0.6) is 5.88 Å². The fourth-order valence-electron chi connectivity index (χ4n) is 2.73. The summed E-state index contributed by atoms with van der Waals surface area (Å²) in [6.07, 6.45) is 3.76. The van der Waals surface area contributed by atoms with Crippen molar-refractivity contribution in [1.29, 1.82) is 0 Å². The van der Waals surface area contributed by atoms with Crippen molar-refractivity contribution < 1.29 is 4.74 Å². The lowest BCUT2D eigenvalue weighted by Gasteiger charge is -2.22. The van der Waals surface area contributed by atoms with Gasteiger partial charge in [-0.1, -0.05) is 30.3 Å². The number of imidazole rings is 1. The zero-order valence-electron chi connectivity index (χ0n) is 11.8. The maximum atomic E-state index is 5.81. The Morgan fingerprint density at radius 1 is 1.24 bits per heavy atom. The number of benzene rings is 1. The highest BCUT2D eigenvalue weighted by Crippen LogP contribution is 2.31. The normalized spacial score (nSPS) is 16.3. The van der Waals surface area contributed by atoms with Crippen LogP contribution in [0.2, 0.25) is 0 Å². The lowest BCUT2D eigenvalue weighted by Crippen LogP contribution is -2.20. The van der Waals surface area contributed by atoms with Gasteiger partial charge >= 0.3 is 0 Å². The van der Waals surface area contributed by atoms with E-state index in [-0.39, 0.29) is 0 Å². The molecule has 1 atom stereocenters. The van der Waals surface area contributed by atoms with Crippen molar-refractivity contribution >= 4 is 0 Å². The molecule has 0 spiro atoms. The second-order valence-corrected chi connectivity index (χ2v) is 5.36. The Bertz CT molecular complexity index is 760. The Hall–Kier alpha value is -2.56. The summed E-state index contributed by atoms with van der Waals surface area (Å²) < 4.78 is 9.99. The summed E-state index contributed by atoms with van der Waals surface area (Å²) in [7, 11) is 0. The molecule has 0 radical (unpaired) electrons. The van der Waals surface area contributed by atoms with Crippen LogP contribution in [-0.4, -0.2) is 19.3 Å². The minimum atomic E-state index is 0.358. The van der Waals surface area contributed by atoms with Crippen molar-refractivity contribution in [3.8, 4) is 17.3 Å². The van der Waals surface area contributed by atoms with Gasteiger partial charge < -0.3 is 9.30 Å². The highest BCUT2D eigenvalue weighted by Gasteiger charge is 2.23. The van der Waals surface area contributed by atoms with Crippen molar-refractivity contribution in [2.75, 3.05) is 0 Å². The lowest BCUT2D eigenvalue weighted by atomic mass is 10.2. The van der Waals surface area contributed by atoms with Gasteiger partial charge in [-0.2, -0.15) is 0 Å². The topological polar surface area (TPSA) is 44.9 Å². The van der Waals surface area contributed by atoms with Gasteiger partial charge in [-0.05, 0) is 12.5 Å². The SMILES string of the molecule is C[C@H]1Cn2nc(OCc3ccccc3)cc2-c2cncn21. The van der Waals surface area contributed by atoms with Gasteiger partial charge in [-0.15, -0.1) is 5.10 Å². The Morgan fingerprint density at radius 2 is 2.10 bits per heavy atom. The molecule has 21 heavy (non-hydrogen) atoms. The molecule has 4 rings (SSSR count). The first-order valence-electron chi connectivity index (χ1n) is 7.08. The van der Waals surface area contributed by atoms with Crippen molar-refractivity contribution in [2.24, 2.45) is 0 Å². The molecule has 0 unspecified atom stereocenters. The van der Waals surface area contributed by atoms with Gasteiger partial charge in [0.15, 0.2) is 0 Å². The zero-order chi connectivity index (χ0) is 14.2. The molecule has 2 aromatic heterocycles. The maximum Gasteiger partial charge on any atom is 0.233 e. The van der Waals surface area contributed by atoms with E-state index < -0.39 is 0 Å². The van der Waals surface area contributed by atoms with E-state index in [0.717, 1.165) is 23.5 Å². The van der Waals surface area contributed by atoms with E-state index in [2.05, 4.69) is 21.6 Å². The summed E-state index contributed by atoms with van der Waals surface area (Å²) in [5, 5.41) is 4.55. The van der Waals surface area contributed by atoms with E-state index in [1.54, 1.807) is 0 Å². The molecule has 5 nitrogen and oxygen atoms in total. The van der Waals surface area contributed by atoms with E-state index in [1.807, 2.05) is 53.6 Å². The molecular weight excluding hydrogens is 264 g/mol. The van der Waals surface area contributed by atoms with Gasteiger partial charge in [0.05, 0.1) is 36.5 Å². The van der Waals surface area contributed by atoms with Crippen molar-refractivity contribution in [3.63, 3.8) is 0 Å². The number of ether oxygens (including phenoxy) is 1. The minimum absolute atomic E-state index is 0.358. The average Bonchev–Trinajstić information content (AvgIpc) is 3.12. The molecule has 0 bridgehead atoms. The molecule has 0 aliphatic carbocycles. The van der Waals surface area contributed by atoms with E-state index >= 15 is 0 Å².